The van der Waals surface area contributed by atoms with Gasteiger partial charge in [0.25, 0.3) is 22.7 Å². The number of hydrazine groups is 2. The van der Waals surface area contributed by atoms with Crippen molar-refractivity contribution in [2.45, 2.75) is 71.0 Å². The maximum atomic E-state index is 14.2. The highest BCUT2D eigenvalue weighted by molar-refractivity contribution is 7.89. The Labute approximate surface area is 301 Å². The first kappa shape index (κ1) is 38.7. The molecule has 1 heterocycles. The van der Waals surface area contributed by atoms with Crippen LogP contribution >= 0.6 is 11.6 Å². The first-order valence-electron chi connectivity index (χ1n) is 16.1. The van der Waals surface area contributed by atoms with Crippen LogP contribution in [-0.2, 0) is 37.3 Å². The molecule has 2 amide bonds. The molecule has 3 aromatic rings. The van der Waals surface area contributed by atoms with E-state index in [2.05, 4.69) is 10.7 Å². The van der Waals surface area contributed by atoms with E-state index in [4.69, 9.17) is 25.9 Å². The summed E-state index contributed by atoms with van der Waals surface area (Å²) >= 11 is 6.41. The van der Waals surface area contributed by atoms with Gasteiger partial charge in [0.15, 0.2) is 0 Å². The third kappa shape index (κ3) is 9.58. The van der Waals surface area contributed by atoms with Gasteiger partial charge in [0.05, 0.1) is 46.9 Å². The number of hydrogen-bond acceptors (Lipinski definition) is 11. The molecule has 1 unspecified atom stereocenters. The molecule has 1 aliphatic heterocycles. The van der Waals surface area contributed by atoms with Crippen molar-refractivity contribution < 1.29 is 42.1 Å². The van der Waals surface area contributed by atoms with Crippen LogP contribution in [0, 0.1) is 5.21 Å². The fraction of sp³-hybridized carbons (Fsp3) is 0.382. The van der Waals surface area contributed by atoms with Crippen LogP contribution in [0.15, 0.2) is 76.9 Å². The van der Waals surface area contributed by atoms with Crippen LogP contribution in [0.4, 0.5) is 10.5 Å². The quantitative estimate of drug-likeness (QED) is 0.0557. The summed E-state index contributed by atoms with van der Waals surface area (Å²) in [6, 6.07) is 17.0. The molecule has 15 nitrogen and oxygen atoms in total. The second kappa shape index (κ2) is 16.3. The summed E-state index contributed by atoms with van der Waals surface area (Å²) in [5.74, 6) is -1.45. The number of anilines is 1. The zero-order valence-corrected chi connectivity index (χ0v) is 30.7. The van der Waals surface area contributed by atoms with E-state index >= 15 is 0 Å². The number of halogens is 1. The van der Waals surface area contributed by atoms with E-state index in [1.807, 2.05) is 31.2 Å². The summed E-state index contributed by atoms with van der Waals surface area (Å²) in [5.41, 5.74) is 3.83. The largest absolute Gasteiger partial charge is 0.569 e. The number of nitrogens with one attached hydrogen (secondary N) is 1. The van der Waals surface area contributed by atoms with Gasteiger partial charge in [-0.1, -0.05) is 41.9 Å². The lowest BCUT2D eigenvalue weighted by Gasteiger charge is -2.28. The number of benzene rings is 3. The van der Waals surface area contributed by atoms with Gasteiger partial charge in [-0.3, -0.25) is 15.2 Å². The Balaban J connectivity index is 1.58. The molecule has 0 radical (unpaired) electrons. The van der Waals surface area contributed by atoms with Crippen LogP contribution in [0.3, 0.4) is 0 Å². The van der Waals surface area contributed by atoms with E-state index in [1.165, 1.54) is 41.4 Å². The molecule has 0 saturated carbocycles. The number of carbonyl (C=O) groups excluding carboxylic acids is 3. The van der Waals surface area contributed by atoms with Gasteiger partial charge in [-0.2, -0.15) is 4.31 Å². The molecule has 274 valence electrons. The normalized spacial score (nSPS) is 14.4. The molecule has 1 N–H and O–H groups in total. The first-order valence-corrected chi connectivity index (χ1v) is 17.9. The fourth-order valence-corrected chi connectivity index (χ4v) is 6.94. The van der Waals surface area contributed by atoms with E-state index in [9.17, 15) is 28.0 Å². The number of ether oxygens (including phenoxy) is 2. The van der Waals surface area contributed by atoms with Gasteiger partial charge >= 0.3 is 12.1 Å². The molecule has 0 fully saturated rings. The second-order valence-corrected chi connectivity index (χ2v) is 14.7. The van der Waals surface area contributed by atoms with E-state index in [0.717, 1.165) is 17.3 Å². The number of hydrogen-bond donors (Lipinski definition) is 1. The molecular weight excluding hydrogens is 704 g/mol. The van der Waals surface area contributed by atoms with Crippen molar-refractivity contribution in [3.05, 3.63) is 99.2 Å². The number of nitrogens with zero attached hydrogens (tertiary/aromatic N) is 5. The van der Waals surface area contributed by atoms with E-state index < -0.39 is 51.8 Å². The Morgan fingerprint density at radius 1 is 1.04 bits per heavy atom. The van der Waals surface area contributed by atoms with Crippen molar-refractivity contribution >= 4 is 45.3 Å². The van der Waals surface area contributed by atoms with Gasteiger partial charge in [-0.25, -0.2) is 18.0 Å². The van der Waals surface area contributed by atoms with Crippen LogP contribution in [-0.4, -0.2) is 72.2 Å². The fourth-order valence-electron chi connectivity index (χ4n) is 5.15. The summed E-state index contributed by atoms with van der Waals surface area (Å²) in [4.78, 5) is 44.2. The first-order chi connectivity index (χ1) is 24.0. The van der Waals surface area contributed by atoms with Crippen molar-refractivity contribution in [1.82, 2.24) is 14.7 Å². The summed E-state index contributed by atoms with van der Waals surface area (Å²) in [7, 11) is -4.77. The van der Waals surface area contributed by atoms with Crippen LogP contribution < -0.4 is 10.4 Å². The molecule has 0 spiro atoms. The van der Waals surface area contributed by atoms with E-state index in [-0.39, 0.29) is 32.7 Å². The highest BCUT2D eigenvalue weighted by atomic mass is 35.5. The zero-order valence-electron chi connectivity index (χ0n) is 29.2. The minimum atomic E-state index is -4.77. The lowest BCUT2D eigenvalue weighted by molar-refractivity contribution is -0.710. The molecule has 0 bridgehead atoms. The average Bonchev–Trinajstić information content (AvgIpc) is 3.39. The number of para-hydroxylation sites is 1. The van der Waals surface area contributed by atoms with E-state index in [0.29, 0.717) is 23.8 Å². The molecule has 4 rings (SSSR count). The van der Waals surface area contributed by atoms with Crippen molar-refractivity contribution in [3.8, 4) is 0 Å². The summed E-state index contributed by atoms with van der Waals surface area (Å²) in [6.07, 6.45) is -0.504. The summed E-state index contributed by atoms with van der Waals surface area (Å²) in [5, 5.41) is 18.0. The molecule has 1 atom stereocenters. The highest BCUT2D eigenvalue weighted by Crippen LogP contribution is 2.32. The van der Waals surface area contributed by atoms with Gasteiger partial charge in [0.2, 0.25) is 5.28 Å². The summed E-state index contributed by atoms with van der Waals surface area (Å²) < 4.78 is 39.4. The number of amides is 2. The van der Waals surface area contributed by atoms with Crippen molar-refractivity contribution in [2.24, 2.45) is 5.28 Å². The maximum Gasteiger partial charge on any atom is 0.424 e. The Morgan fingerprint density at radius 3 is 2.43 bits per heavy atom. The Morgan fingerprint density at radius 2 is 1.75 bits per heavy atom. The molecule has 0 aromatic heterocycles. The third-order valence-electron chi connectivity index (χ3n) is 7.62. The Hall–Kier alpha value is -5.09. The van der Waals surface area contributed by atoms with Crippen LogP contribution in [0.25, 0.3) is 0 Å². The van der Waals surface area contributed by atoms with Crippen molar-refractivity contribution in [2.75, 3.05) is 24.9 Å². The van der Waals surface area contributed by atoms with Gasteiger partial charge < -0.3 is 19.5 Å². The number of fused-ring (bicyclic) bond motifs is 1. The minimum absolute atomic E-state index is 0.00484. The van der Waals surface area contributed by atoms with Gasteiger partial charge in [-0.15, -0.1) is 5.01 Å². The van der Waals surface area contributed by atoms with Crippen LogP contribution in [0.5, 0.6) is 0 Å². The van der Waals surface area contributed by atoms with Crippen LogP contribution in [0.1, 0.15) is 73.4 Å². The summed E-state index contributed by atoms with van der Waals surface area (Å²) in [6.45, 7) is 9.70. The maximum absolute atomic E-state index is 14.2. The van der Waals surface area contributed by atoms with Crippen LogP contribution in [0.2, 0.25) is 5.02 Å². The molecule has 3 aromatic carbocycles. The van der Waals surface area contributed by atoms with Gasteiger partial charge in [0.1, 0.15) is 10.5 Å². The molecule has 0 saturated heterocycles. The Bertz CT molecular complexity index is 1900. The SMILES string of the molecule is CCN(CC)/[N+]([O-])=N\OCOC(=O)c1cccc(CN(C(=O)OC(C)(C)C)S(=O)(=O)c2cc(C(=O)NN3c4ccccc4CC3C)ccc2Cl)c1. The predicted molar refractivity (Wildman–Crippen MR) is 187 cm³/mol. The monoisotopic (exact) mass is 744 g/mol. The molecular formula is C34H41ClN6O9S. The second-order valence-electron chi connectivity index (χ2n) is 12.5. The number of rotatable bonds is 13. The zero-order chi connectivity index (χ0) is 37.5. The highest BCUT2D eigenvalue weighted by Gasteiger charge is 2.36. The van der Waals surface area contributed by atoms with Crippen molar-refractivity contribution in [3.63, 3.8) is 0 Å². The smallest absolute Gasteiger partial charge is 0.424 e. The van der Waals surface area contributed by atoms with Crippen molar-refractivity contribution in [1.29, 1.82) is 0 Å². The molecule has 1 aliphatic rings. The predicted octanol–water partition coefficient (Wildman–Crippen LogP) is 5.83. The third-order valence-corrected chi connectivity index (χ3v) is 9.81. The lowest BCUT2D eigenvalue weighted by atomic mass is 10.1. The Kier molecular flexibility index (Phi) is 12.4. The number of carbonyl (C=O) groups is 3. The van der Waals surface area contributed by atoms with Gasteiger partial charge in [0, 0.05) is 5.56 Å². The lowest BCUT2D eigenvalue weighted by Crippen LogP contribution is -2.45. The molecule has 0 aliphatic carbocycles. The van der Waals surface area contributed by atoms with E-state index in [1.54, 1.807) is 39.6 Å². The topological polar surface area (TPSA) is 173 Å². The molecule has 17 heteroatoms. The average molecular weight is 745 g/mol. The number of sulfonamides is 1. The number of esters is 1. The van der Waals surface area contributed by atoms with Gasteiger partial charge in [-0.05, 0) is 95.5 Å². The standard InChI is InChI=1S/C34H41ClN6O9S/c1-7-38(8-2)41(45)37-49-22-48-32(43)27-14-11-12-24(19-27)21-39(33(44)50-34(4,5)6)51(46,47)30-20-26(16-17-28(30)35)31(42)36-40-23(3)18-25-13-9-10-15-29(25)40/h9-17,19-20,23H,7-8,18,21-22H2,1-6H3,(H,36,42)/b41-37+. The molecule has 51 heavy (non-hydrogen) atoms. The minimum Gasteiger partial charge on any atom is -0.569 e.